The molecule has 0 saturated carbocycles. The highest BCUT2D eigenvalue weighted by molar-refractivity contribution is 5.75. The Morgan fingerprint density at radius 1 is 0.840 bits per heavy atom. The van der Waals surface area contributed by atoms with Crippen LogP contribution >= 0.6 is 0 Å². The first-order valence-electron chi connectivity index (χ1n) is 10.0. The number of carboxylic acid groups (broad SMARTS) is 2. The second kappa shape index (κ2) is 10.8. The van der Waals surface area contributed by atoms with E-state index in [0.717, 1.165) is 19.3 Å². The minimum Gasteiger partial charge on any atom is -0.481 e. The van der Waals surface area contributed by atoms with Gasteiger partial charge in [0.1, 0.15) is 0 Å². The highest BCUT2D eigenvalue weighted by Crippen LogP contribution is 2.56. The van der Waals surface area contributed by atoms with Gasteiger partial charge in [-0.2, -0.15) is 0 Å². The molecule has 0 aromatic heterocycles. The van der Waals surface area contributed by atoms with E-state index in [2.05, 4.69) is 34.6 Å². The molecule has 0 aliphatic rings. The summed E-state index contributed by atoms with van der Waals surface area (Å²) in [5.74, 6) is -1.19. The van der Waals surface area contributed by atoms with Gasteiger partial charge in [0.25, 0.3) is 0 Å². The van der Waals surface area contributed by atoms with Crippen molar-refractivity contribution >= 4 is 11.9 Å². The highest BCUT2D eigenvalue weighted by Gasteiger charge is 2.55. The minimum absolute atomic E-state index is 0.105. The fourth-order valence-corrected chi connectivity index (χ4v) is 4.95. The maximum atomic E-state index is 12.4. The Morgan fingerprint density at radius 2 is 1.36 bits per heavy atom. The van der Waals surface area contributed by atoms with E-state index in [1.54, 1.807) is 0 Å². The average Bonchev–Trinajstić information content (AvgIpc) is 2.49. The Balaban J connectivity index is 5.53. The normalized spacial score (nSPS) is 14.7. The zero-order chi connectivity index (χ0) is 19.7. The van der Waals surface area contributed by atoms with Gasteiger partial charge in [-0.3, -0.25) is 9.59 Å². The molecule has 148 valence electrons. The standard InChI is InChI=1S/C21H40O4/c1-7-8-9-10-11-14-20(6,19(24)25)21(16(2)3,17(4)5)15-12-13-18(22)23/h16-17H,7-15H2,1-6H3,(H,22,23)(H,24,25). The fourth-order valence-electron chi connectivity index (χ4n) is 4.95. The molecule has 0 radical (unpaired) electrons. The fraction of sp³-hybridized carbons (Fsp3) is 0.905. The van der Waals surface area contributed by atoms with E-state index in [1.165, 1.54) is 12.8 Å². The van der Waals surface area contributed by atoms with Crippen molar-refractivity contribution in [3.05, 3.63) is 0 Å². The van der Waals surface area contributed by atoms with Crippen molar-refractivity contribution in [1.82, 2.24) is 0 Å². The average molecular weight is 357 g/mol. The van der Waals surface area contributed by atoms with Gasteiger partial charge in [-0.1, -0.05) is 66.7 Å². The van der Waals surface area contributed by atoms with Crippen LogP contribution in [0, 0.1) is 22.7 Å². The van der Waals surface area contributed by atoms with Gasteiger partial charge in [0, 0.05) is 6.42 Å². The first-order chi connectivity index (χ1) is 11.6. The van der Waals surface area contributed by atoms with Crippen LogP contribution in [-0.2, 0) is 9.59 Å². The van der Waals surface area contributed by atoms with Crippen molar-refractivity contribution in [1.29, 1.82) is 0 Å². The Kier molecular flexibility index (Phi) is 10.4. The van der Waals surface area contributed by atoms with Crippen molar-refractivity contribution in [2.75, 3.05) is 0 Å². The smallest absolute Gasteiger partial charge is 0.309 e. The quantitative estimate of drug-likeness (QED) is 0.375. The van der Waals surface area contributed by atoms with E-state index >= 15 is 0 Å². The summed E-state index contributed by atoms with van der Waals surface area (Å²) in [6.07, 6.45) is 7.46. The number of carboxylic acids is 2. The topological polar surface area (TPSA) is 74.6 Å². The molecule has 0 amide bonds. The zero-order valence-electron chi connectivity index (χ0n) is 17.2. The second-order valence-electron chi connectivity index (χ2n) is 8.40. The number of hydrogen-bond donors (Lipinski definition) is 2. The summed E-state index contributed by atoms with van der Waals surface area (Å²) in [6.45, 7) is 12.5. The Bertz CT molecular complexity index is 406. The van der Waals surface area contributed by atoms with Gasteiger partial charge in [-0.25, -0.2) is 0 Å². The van der Waals surface area contributed by atoms with Crippen molar-refractivity contribution in [2.24, 2.45) is 22.7 Å². The van der Waals surface area contributed by atoms with Gasteiger partial charge in [-0.15, -0.1) is 0 Å². The molecule has 0 heterocycles. The molecule has 0 spiro atoms. The molecule has 0 aliphatic heterocycles. The molecule has 25 heavy (non-hydrogen) atoms. The van der Waals surface area contributed by atoms with Gasteiger partial charge in [0.05, 0.1) is 5.41 Å². The summed E-state index contributed by atoms with van der Waals surface area (Å²) in [7, 11) is 0. The molecule has 1 atom stereocenters. The second-order valence-corrected chi connectivity index (χ2v) is 8.40. The van der Waals surface area contributed by atoms with E-state index in [0.29, 0.717) is 19.3 Å². The molecule has 0 aromatic rings. The van der Waals surface area contributed by atoms with E-state index in [1.807, 2.05) is 6.92 Å². The highest BCUT2D eigenvalue weighted by atomic mass is 16.4. The van der Waals surface area contributed by atoms with Gasteiger partial charge < -0.3 is 10.2 Å². The van der Waals surface area contributed by atoms with E-state index in [9.17, 15) is 14.7 Å². The van der Waals surface area contributed by atoms with Gasteiger partial charge in [-0.05, 0) is 43.4 Å². The lowest BCUT2D eigenvalue weighted by molar-refractivity contribution is -0.167. The lowest BCUT2D eigenvalue weighted by Crippen LogP contribution is -2.52. The molecule has 0 aromatic carbocycles. The van der Waals surface area contributed by atoms with Crippen LogP contribution in [0.25, 0.3) is 0 Å². The van der Waals surface area contributed by atoms with Gasteiger partial charge in [0.15, 0.2) is 0 Å². The Morgan fingerprint density at radius 3 is 1.76 bits per heavy atom. The summed E-state index contributed by atoms with van der Waals surface area (Å²) < 4.78 is 0. The summed E-state index contributed by atoms with van der Waals surface area (Å²) in [6, 6.07) is 0. The lowest BCUT2D eigenvalue weighted by atomic mass is 9.50. The summed E-state index contributed by atoms with van der Waals surface area (Å²) >= 11 is 0. The molecule has 0 bridgehead atoms. The van der Waals surface area contributed by atoms with Crippen molar-refractivity contribution in [3.63, 3.8) is 0 Å². The van der Waals surface area contributed by atoms with Crippen LogP contribution in [0.1, 0.15) is 99.3 Å². The van der Waals surface area contributed by atoms with Crippen LogP contribution in [0.3, 0.4) is 0 Å². The van der Waals surface area contributed by atoms with Gasteiger partial charge >= 0.3 is 11.9 Å². The molecular formula is C21H40O4. The molecule has 0 aliphatic carbocycles. The number of unbranched alkanes of at least 4 members (excludes halogenated alkanes) is 4. The van der Waals surface area contributed by atoms with Crippen LogP contribution in [0.4, 0.5) is 0 Å². The molecule has 1 unspecified atom stereocenters. The van der Waals surface area contributed by atoms with E-state index in [4.69, 9.17) is 5.11 Å². The molecular weight excluding hydrogens is 316 g/mol. The number of hydrogen-bond acceptors (Lipinski definition) is 2. The molecule has 0 saturated heterocycles. The Labute approximate surface area is 154 Å². The van der Waals surface area contributed by atoms with E-state index in [-0.39, 0.29) is 18.3 Å². The molecule has 0 fully saturated rings. The van der Waals surface area contributed by atoms with Crippen molar-refractivity contribution in [3.8, 4) is 0 Å². The molecule has 2 N–H and O–H groups in total. The van der Waals surface area contributed by atoms with Crippen molar-refractivity contribution in [2.45, 2.75) is 99.3 Å². The third-order valence-electron chi connectivity index (χ3n) is 6.32. The van der Waals surface area contributed by atoms with Crippen LogP contribution in [-0.4, -0.2) is 22.2 Å². The van der Waals surface area contributed by atoms with Crippen LogP contribution in [0.5, 0.6) is 0 Å². The Hall–Kier alpha value is -1.06. The predicted molar refractivity (Wildman–Crippen MR) is 103 cm³/mol. The first-order valence-corrected chi connectivity index (χ1v) is 10.0. The van der Waals surface area contributed by atoms with Gasteiger partial charge in [0.2, 0.25) is 0 Å². The maximum absolute atomic E-state index is 12.4. The third-order valence-corrected chi connectivity index (χ3v) is 6.32. The monoisotopic (exact) mass is 356 g/mol. The SMILES string of the molecule is CCCCCCCC(C)(C(=O)O)C(CCCC(=O)O)(C(C)C)C(C)C. The molecule has 4 heteroatoms. The minimum atomic E-state index is -0.833. The zero-order valence-corrected chi connectivity index (χ0v) is 17.2. The lowest BCUT2D eigenvalue weighted by Gasteiger charge is -2.53. The van der Waals surface area contributed by atoms with Crippen LogP contribution in [0.15, 0.2) is 0 Å². The third kappa shape index (κ3) is 6.00. The molecule has 0 rings (SSSR count). The summed E-state index contributed by atoms with van der Waals surface area (Å²) in [5.41, 5.74) is -1.24. The van der Waals surface area contributed by atoms with Crippen molar-refractivity contribution < 1.29 is 19.8 Å². The number of carbonyl (C=O) groups is 2. The first kappa shape index (κ1) is 23.9. The summed E-state index contributed by atoms with van der Waals surface area (Å²) in [5, 5.41) is 19.2. The number of rotatable bonds is 14. The number of aliphatic carboxylic acids is 2. The predicted octanol–water partition coefficient (Wildman–Crippen LogP) is 5.99. The summed E-state index contributed by atoms with van der Waals surface area (Å²) in [4.78, 5) is 23.3. The van der Waals surface area contributed by atoms with Crippen LogP contribution < -0.4 is 0 Å². The van der Waals surface area contributed by atoms with Crippen LogP contribution in [0.2, 0.25) is 0 Å². The molecule has 4 nitrogen and oxygen atoms in total. The maximum Gasteiger partial charge on any atom is 0.309 e. The largest absolute Gasteiger partial charge is 0.481 e. The van der Waals surface area contributed by atoms with E-state index < -0.39 is 22.8 Å².